The number of nitrogens with zero attached hydrogens (tertiary/aromatic N) is 6. The molecule has 0 saturated heterocycles. The van der Waals surface area contributed by atoms with E-state index >= 15 is 0 Å². The van der Waals surface area contributed by atoms with Crippen molar-refractivity contribution in [1.29, 1.82) is 0 Å². The average molecular weight is 1250 g/mol. The minimum atomic E-state index is -0.294. The van der Waals surface area contributed by atoms with Crippen LogP contribution in [-0.2, 0) is 16.2 Å². The fourth-order valence-corrected chi connectivity index (χ4v) is 16.7. The summed E-state index contributed by atoms with van der Waals surface area (Å²) in [5.41, 5.74) is 27.9. The predicted molar refractivity (Wildman–Crippen MR) is 414 cm³/mol. The molecule has 19 rings (SSSR count). The molecule has 0 fully saturated rings. The van der Waals surface area contributed by atoms with Crippen molar-refractivity contribution in [1.82, 2.24) is 18.3 Å². The molecule has 0 amide bonds. The van der Waals surface area contributed by atoms with Gasteiger partial charge in [0, 0.05) is 88.6 Å². The maximum atomic E-state index is 2.69. The molecule has 6 heterocycles. The standard InChI is InChI=1S/C90H73BN6/c1-88(2,3)56-42-48-77-69(50-56)67-34-24-40-79(86(67)94(77)59-26-12-10-13-27-59)96-81-54-61(92-73-36-20-16-30-63(73)64-31-17-21-37-74(64)92)44-46-71(81)91-72-47-45-62(93-75-38-22-18-32-65(75)66-33-19-23-39-76(66)93)55-82(72)97(84-53-58(90(7,8)9)52-83(96)85(84)91)80-41-25-35-68-70-51-57(89(4,5)6)43-49-78(70)95(87(68)80)60-28-14-11-15-29-60/h10-55H,1-9H3. The highest BCUT2D eigenvalue weighted by molar-refractivity contribution is 7.00. The van der Waals surface area contributed by atoms with Gasteiger partial charge in [0.1, 0.15) is 0 Å². The number of hydrogen-bond acceptors (Lipinski definition) is 2. The van der Waals surface area contributed by atoms with Gasteiger partial charge in [-0.1, -0.05) is 220 Å². The van der Waals surface area contributed by atoms with E-state index in [4.69, 9.17) is 0 Å². The SMILES string of the molecule is CC(C)(C)c1cc2c3c(c1)N(c1cccc4c5cc(C(C)(C)C)ccc5n(-c5ccccc5)c14)c1cc(-n4c5ccccc5c5ccccc54)ccc1B3c1ccc(-n3c4ccccc4c4ccccc43)cc1N2c1cccc2c3cc(C(C)(C)C)ccc3n(-c3ccccc3)c12. The van der Waals surface area contributed by atoms with Gasteiger partial charge in [0.25, 0.3) is 6.71 Å². The molecule has 466 valence electrons. The molecule has 0 N–H and O–H groups in total. The molecular formula is C90H73BN6. The highest BCUT2D eigenvalue weighted by atomic mass is 15.2. The van der Waals surface area contributed by atoms with E-state index in [1.807, 2.05) is 0 Å². The number of benzene rings is 13. The van der Waals surface area contributed by atoms with Crippen molar-refractivity contribution in [2.24, 2.45) is 0 Å². The van der Waals surface area contributed by atoms with E-state index in [0.717, 1.165) is 56.5 Å². The topological polar surface area (TPSA) is 26.2 Å². The van der Waals surface area contributed by atoms with Crippen LogP contribution in [0.1, 0.15) is 79.0 Å². The first-order chi connectivity index (χ1) is 47.1. The van der Waals surface area contributed by atoms with Gasteiger partial charge in [-0.05, 0) is 171 Å². The summed E-state index contributed by atoms with van der Waals surface area (Å²) in [7, 11) is 0. The first-order valence-electron chi connectivity index (χ1n) is 34.4. The Morgan fingerprint density at radius 1 is 0.227 bits per heavy atom. The van der Waals surface area contributed by atoms with Crippen LogP contribution in [0.4, 0.5) is 34.1 Å². The normalized spacial score (nSPS) is 13.4. The molecular weight excluding hydrogens is 1180 g/mol. The first kappa shape index (κ1) is 57.2. The van der Waals surface area contributed by atoms with Crippen molar-refractivity contribution in [2.75, 3.05) is 9.80 Å². The van der Waals surface area contributed by atoms with Crippen molar-refractivity contribution >= 4 is 144 Å². The molecule has 17 aromatic rings. The van der Waals surface area contributed by atoms with Crippen LogP contribution in [0, 0.1) is 0 Å². The second-order valence-corrected chi connectivity index (χ2v) is 30.2. The number of aromatic nitrogens is 4. The van der Waals surface area contributed by atoms with Crippen LogP contribution in [0.2, 0.25) is 0 Å². The summed E-state index contributed by atoms with van der Waals surface area (Å²) >= 11 is 0. The number of para-hydroxylation sites is 8. The molecule has 97 heavy (non-hydrogen) atoms. The van der Waals surface area contributed by atoms with Crippen LogP contribution in [0.15, 0.2) is 279 Å². The maximum absolute atomic E-state index is 2.69. The third-order valence-electron chi connectivity index (χ3n) is 21.4. The van der Waals surface area contributed by atoms with E-state index in [2.05, 4.69) is 369 Å². The summed E-state index contributed by atoms with van der Waals surface area (Å²) in [4.78, 5) is 5.38. The Balaban J connectivity index is 0.981. The summed E-state index contributed by atoms with van der Waals surface area (Å²) < 4.78 is 10.1. The lowest BCUT2D eigenvalue weighted by molar-refractivity contribution is 0.590. The molecule has 0 radical (unpaired) electrons. The fraction of sp³-hybridized carbons (Fsp3) is 0.133. The Hall–Kier alpha value is -11.3. The fourth-order valence-electron chi connectivity index (χ4n) is 16.7. The zero-order valence-corrected chi connectivity index (χ0v) is 56.3. The summed E-state index contributed by atoms with van der Waals surface area (Å²) in [5, 5.41) is 9.85. The minimum absolute atomic E-state index is 0.0645. The Kier molecular flexibility index (Phi) is 12.2. The lowest BCUT2D eigenvalue weighted by Crippen LogP contribution is -2.61. The third kappa shape index (κ3) is 8.40. The first-order valence-corrected chi connectivity index (χ1v) is 34.4. The zero-order valence-electron chi connectivity index (χ0n) is 56.3. The predicted octanol–water partition coefficient (Wildman–Crippen LogP) is 22.1. The van der Waals surface area contributed by atoms with Crippen LogP contribution in [0.25, 0.3) is 110 Å². The van der Waals surface area contributed by atoms with Gasteiger partial charge >= 0.3 is 0 Å². The van der Waals surface area contributed by atoms with Gasteiger partial charge in [-0.15, -0.1) is 0 Å². The Morgan fingerprint density at radius 3 is 0.938 bits per heavy atom. The summed E-state index contributed by atoms with van der Waals surface area (Å²) in [6.07, 6.45) is 0. The molecule has 2 aliphatic rings. The highest BCUT2D eigenvalue weighted by Gasteiger charge is 2.46. The number of fused-ring (bicyclic) bond motifs is 16. The van der Waals surface area contributed by atoms with E-state index in [1.54, 1.807) is 0 Å². The van der Waals surface area contributed by atoms with E-state index in [1.165, 1.54) is 121 Å². The second kappa shape index (κ2) is 20.6. The molecule has 7 heteroatoms. The third-order valence-corrected chi connectivity index (χ3v) is 21.4. The van der Waals surface area contributed by atoms with Gasteiger partial charge in [-0.25, -0.2) is 0 Å². The molecule has 6 nitrogen and oxygen atoms in total. The van der Waals surface area contributed by atoms with Crippen molar-refractivity contribution in [3.63, 3.8) is 0 Å². The van der Waals surface area contributed by atoms with Crippen molar-refractivity contribution in [3.05, 3.63) is 296 Å². The molecule has 4 aromatic heterocycles. The molecule has 2 aliphatic heterocycles. The van der Waals surface area contributed by atoms with Crippen molar-refractivity contribution in [3.8, 4) is 22.7 Å². The molecule has 0 bridgehead atoms. The zero-order chi connectivity index (χ0) is 65.5. The number of anilines is 6. The second-order valence-electron chi connectivity index (χ2n) is 30.2. The van der Waals surface area contributed by atoms with E-state index < -0.39 is 0 Å². The molecule has 0 aliphatic carbocycles. The number of rotatable bonds is 6. The van der Waals surface area contributed by atoms with Gasteiger partial charge in [-0.2, -0.15) is 0 Å². The van der Waals surface area contributed by atoms with E-state index in [-0.39, 0.29) is 23.0 Å². The van der Waals surface area contributed by atoms with Crippen LogP contribution in [0.5, 0.6) is 0 Å². The maximum Gasteiger partial charge on any atom is 0.252 e. The smallest absolute Gasteiger partial charge is 0.252 e. The van der Waals surface area contributed by atoms with Gasteiger partial charge < -0.3 is 28.1 Å². The van der Waals surface area contributed by atoms with Crippen LogP contribution in [-0.4, -0.2) is 25.0 Å². The van der Waals surface area contributed by atoms with E-state index in [9.17, 15) is 0 Å². The van der Waals surface area contributed by atoms with E-state index in [0.29, 0.717) is 0 Å². The van der Waals surface area contributed by atoms with Gasteiger partial charge in [0.15, 0.2) is 0 Å². The molecule has 0 atom stereocenters. The van der Waals surface area contributed by atoms with Crippen LogP contribution >= 0.6 is 0 Å². The van der Waals surface area contributed by atoms with Gasteiger partial charge in [-0.3, -0.25) is 0 Å². The summed E-state index contributed by atoms with van der Waals surface area (Å²) in [6, 6.07) is 106. The Morgan fingerprint density at radius 2 is 0.567 bits per heavy atom. The quantitative estimate of drug-likeness (QED) is 0.155. The molecule has 13 aromatic carbocycles. The van der Waals surface area contributed by atoms with Crippen molar-refractivity contribution < 1.29 is 0 Å². The van der Waals surface area contributed by atoms with Gasteiger partial charge in [0.05, 0.1) is 55.5 Å². The van der Waals surface area contributed by atoms with Crippen LogP contribution < -0.4 is 26.2 Å². The molecule has 0 spiro atoms. The largest absolute Gasteiger partial charge is 0.309 e. The summed E-state index contributed by atoms with van der Waals surface area (Å²) in [6.45, 7) is 20.9. The molecule has 0 saturated carbocycles. The highest BCUT2D eigenvalue weighted by Crippen LogP contribution is 2.52. The Bertz CT molecular complexity index is 5680. The van der Waals surface area contributed by atoms with Crippen LogP contribution in [0.3, 0.4) is 0 Å². The van der Waals surface area contributed by atoms with Gasteiger partial charge in [0.2, 0.25) is 0 Å². The van der Waals surface area contributed by atoms with Crippen molar-refractivity contribution in [2.45, 2.75) is 78.6 Å². The minimum Gasteiger partial charge on any atom is -0.309 e. The lowest BCUT2D eigenvalue weighted by atomic mass is 9.33. The summed E-state index contributed by atoms with van der Waals surface area (Å²) in [5.74, 6) is 0. The Labute approximate surface area is 566 Å². The lowest BCUT2D eigenvalue weighted by Gasteiger charge is -2.45. The average Bonchev–Trinajstić information content (AvgIpc) is 0.757. The monoisotopic (exact) mass is 1250 g/mol. The molecule has 0 unspecified atom stereocenters. The number of hydrogen-bond donors (Lipinski definition) is 0.